The van der Waals surface area contributed by atoms with Gasteiger partial charge in [-0.05, 0) is 14.1 Å². The monoisotopic (exact) mass is 713 g/mol. The van der Waals surface area contributed by atoms with Crippen molar-refractivity contribution >= 4 is 0 Å². The minimum atomic E-state index is 0. The third kappa shape index (κ3) is 18.3. The summed E-state index contributed by atoms with van der Waals surface area (Å²) in [5.41, 5.74) is 0.0833. The SMILES string of the molecule is [CH2-]C(C)(C)N(C)C.[CH2-]C1CCC([N-]C)CC1.[CH3-].[U].[V+2].[W+2]. The van der Waals surface area contributed by atoms with Crippen LogP contribution in [0.4, 0.5) is 0 Å². The number of rotatable bonds is 2. The molecule has 0 N–H and O–H groups in total. The van der Waals surface area contributed by atoms with Gasteiger partial charge in [0.15, 0.2) is 0 Å². The maximum Gasteiger partial charge on any atom is 2.00 e. The second-order valence-corrected chi connectivity index (χ2v) is 5.64. The van der Waals surface area contributed by atoms with E-state index in [2.05, 4.69) is 37.9 Å². The molecule has 0 saturated heterocycles. The third-order valence-electron chi connectivity index (χ3n) is 3.39. The van der Waals surface area contributed by atoms with Crippen molar-refractivity contribution in [3.05, 3.63) is 26.6 Å². The quantitative estimate of drug-likeness (QED) is 0.397. The van der Waals surface area contributed by atoms with Gasteiger partial charge < -0.3 is 31.5 Å². The maximum absolute atomic E-state index is 4.25. The Morgan fingerprint density at radius 1 is 1.10 bits per heavy atom. The summed E-state index contributed by atoms with van der Waals surface area (Å²) in [5.74, 6) is 0.711. The Kier molecular flexibility index (Phi) is 29.7. The summed E-state index contributed by atoms with van der Waals surface area (Å²) in [6.07, 6.45) is 5.10. The van der Waals surface area contributed by atoms with Crippen LogP contribution in [0.1, 0.15) is 39.5 Å². The van der Waals surface area contributed by atoms with Crippen LogP contribution < -0.4 is 0 Å². The molecule has 1 saturated carbocycles. The summed E-state index contributed by atoms with van der Waals surface area (Å²) < 4.78 is 0. The molecule has 0 unspecified atom stereocenters. The van der Waals surface area contributed by atoms with Gasteiger partial charge in [-0.15, -0.1) is 11.6 Å². The Labute approximate surface area is 178 Å². The van der Waals surface area contributed by atoms with Crippen molar-refractivity contribution in [2.45, 2.75) is 51.1 Å². The molecule has 2 nitrogen and oxygen atoms in total. The van der Waals surface area contributed by atoms with Gasteiger partial charge >= 0.3 is 39.6 Å². The molecule has 5 heteroatoms. The molecule has 0 heterocycles. The van der Waals surface area contributed by atoms with E-state index in [1.54, 1.807) is 0 Å². The van der Waals surface area contributed by atoms with Crippen molar-refractivity contribution in [1.29, 1.82) is 0 Å². The molecular formula is C15H32N2UVW. The van der Waals surface area contributed by atoms with Crippen molar-refractivity contribution < 1.29 is 70.7 Å². The van der Waals surface area contributed by atoms with Crippen LogP contribution in [0.3, 0.4) is 0 Å². The minimum absolute atomic E-state index is 0. The van der Waals surface area contributed by atoms with Crippen LogP contribution >= 0.6 is 0 Å². The van der Waals surface area contributed by atoms with Crippen LogP contribution in [0.15, 0.2) is 0 Å². The summed E-state index contributed by atoms with van der Waals surface area (Å²) >= 11 is 0. The van der Waals surface area contributed by atoms with E-state index in [9.17, 15) is 0 Å². The van der Waals surface area contributed by atoms with Gasteiger partial charge in [0, 0.05) is 31.1 Å². The molecule has 1 radical (unpaired) electrons. The van der Waals surface area contributed by atoms with Crippen molar-refractivity contribution in [3.8, 4) is 0 Å². The molecule has 0 spiro atoms. The molecule has 0 aromatic rings. The first-order chi connectivity index (χ1) is 7.27. The van der Waals surface area contributed by atoms with E-state index in [1.165, 1.54) is 25.7 Å². The summed E-state index contributed by atoms with van der Waals surface area (Å²) in [5, 5.41) is 4.25. The average molecular weight is 713 g/mol. The first kappa shape index (κ1) is 33.8. The van der Waals surface area contributed by atoms with E-state index in [0.29, 0.717) is 12.0 Å². The zero-order valence-corrected chi connectivity index (χ0v) is 22.6. The number of nitrogens with zero attached hydrogens (tertiary/aromatic N) is 2. The second kappa shape index (κ2) is 17.6. The molecule has 0 aromatic heterocycles. The van der Waals surface area contributed by atoms with Crippen molar-refractivity contribution in [2.75, 3.05) is 21.1 Å². The second-order valence-electron chi connectivity index (χ2n) is 5.64. The zero-order chi connectivity index (χ0) is 12.8. The van der Waals surface area contributed by atoms with E-state index in [1.807, 2.05) is 21.1 Å². The van der Waals surface area contributed by atoms with E-state index < -0.39 is 0 Å². The number of hydrogen-bond donors (Lipinski definition) is 0. The molecule has 0 bridgehead atoms. The minimum Gasteiger partial charge on any atom is -0.662 e. The van der Waals surface area contributed by atoms with Crippen LogP contribution in [0.25, 0.3) is 5.32 Å². The van der Waals surface area contributed by atoms with Gasteiger partial charge in [0.05, 0.1) is 0 Å². The summed E-state index contributed by atoms with van der Waals surface area (Å²) in [6, 6.07) is 0.656. The van der Waals surface area contributed by atoms with E-state index in [-0.39, 0.29) is 83.7 Å². The average Bonchev–Trinajstić information content (AvgIpc) is 2.18. The molecule has 1 aliphatic carbocycles. The third-order valence-corrected chi connectivity index (χ3v) is 3.39. The van der Waals surface area contributed by atoms with E-state index >= 15 is 0 Å². The Hall–Kier alpha value is 2.24. The van der Waals surface area contributed by atoms with Crippen LogP contribution in [-0.4, -0.2) is 37.6 Å². The van der Waals surface area contributed by atoms with Gasteiger partial charge in [-0.2, -0.15) is 13.0 Å². The van der Waals surface area contributed by atoms with Crippen molar-refractivity contribution in [3.63, 3.8) is 0 Å². The van der Waals surface area contributed by atoms with Crippen LogP contribution in [0.5, 0.6) is 0 Å². The normalized spacial score (nSPS) is 21.0. The standard InChI is InChI=1S/C8H15N.C6H14N.CH3.U.V.W/c1-7-3-5-8(9-2)6-4-7;1-6(2,3)7(4)5;;;;/h7-8H,1,3-6H2,2H3;1H2,2-5H3;1H3;;;/q-2;2*-1;;2*+2. The fourth-order valence-electron chi connectivity index (χ4n) is 1.40. The molecule has 117 valence electrons. The Morgan fingerprint density at radius 2 is 1.40 bits per heavy atom. The molecule has 20 heavy (non-hydrogen) atoms. The van der Waals surface area contributed by atoms with Gasteiger partial charge in [0.1, 0.15) is 0 Å². The molecule has 0 aliphatic heterocycles. The predicted molar refractivity (Wildman–Crippen MR) is 79.9 cm³/mol. The van der Waals surface area contributed by atoms with Gasteiger partial charge in [0.2, 0.25) is 0 Å². The van der Waals surface area contributed by atoms with Gasteiger partial charge in [-0.3, -0.25) is 0 Å². The fourth-order valence-corrected chi connectivity index (χ4v) is 1.40. The topological polar surface area (TPSA) is 17.3 Å². The molecule has 0 aromatic carbocycles. The van der Waals surface area contributed by atoms with Crippen molar-refractivity contribution in [1.82, 2.24) is 4.90 Å². The summed E-state index contributed by atoms with van der Waals surface area (Å²) in [7, 11) is 5.97. The number of hydrogen-bond acceptors (Lipinski definition) is 1. The first-order valence-corrected chi connectivity index (χ1v) is 6.22. The van der Waals surface area contributed by atoms with Crippen LogP contribution in [0, 0.1) is 58.3 Å². The molecular weight excluding hydrogens is 681 g/mol. The van der Waals surface area contributed by atoms with Crippen LogP contribution in [-0.2, 0) is 39.6 Å². The largest absolute Gasteiger partial charge is 2.00 e. The predicted octanol–water partition coefficient (Wildman–Crippen LogP) is 3.99. The van der Waals surface area contributed by atoms with Gasteiger partial charge in [0.25, 0.3) is 0 Å². The Bertz CT molecular complexity index is 179. The molecule has 0 atom stereocenters. The van der Waals surface area contributed by atoms with E-state index in [4.69, 9.17) is 0 Å². The molecule has 0 amide bonds. The fraction of sp³-hybridized carbons (Fsp3) is 0.800. The van der Waals surface area contributed by atoms with E-state index in [0.717, 1.165) is 0 Å². The zero-order valence-electron chi connectivity index (χ0n) is 14.1. The first-order valence-electron chi connectivity index (χ1n) is 6.22. The van der Waals surface area contributed by atoms with Crippen molar-refractivity contribution in [2.24, 2.45) is 5.92 Å². The van der Waals surface area contributed by atoms with Gasteiger partial charge in [-0.1, -0.05) is 39.5 Å². The van der Waals surface area contributed by atoms with Crippen LogP contribution in [0.2, 0.25) is 0 Å². The summed E-state index contributed by atoms with van der Waals surface area (Å²) in [6.45, 7) is 12.1. The van der Waals surface area contributed by atoms with Gasteiger partial charge in [-0.25, -0.2) is 0 Å². The Balaban J connectivity index is -0.0000000640. The maximum atomic E-state index is 4.25. The smallest absolute Gasteiger partial charge is 0.662 e. The Morgan fingerprint density at radius 3 is 1.60 bits per heavy atom. The molecule has 1 fully saturated rings. The molecule has 1 rings (SSSR count). The summed E-state index contributed by atoms with van der Waals surface area (Å²) in [4.78, 5) is 2.08. The molecule has 1 aliphatic rings.